The Morgan fingerprint density at radius 2 is 1.79 bits per heavy atom. The summed E-state index contributed by atoms with van der Waals surface area (Å²) >= 11 is 0. The van der Waals surface area contributed by atoms with E-state index in [1.165, 1.54) is 7.11 Å². The van der Waals surface area contributed by atoms with Gasteiger partial charge in [0.25, 0.3) is 5.91 Å². The van der Waals surface area contributed by atoms with E-state index >= 15 is 0 Å². The number of hydrogen-bond donors (Lipinski definition) is 1. The quantitative estimate of drug-likeness (QED) is 0.639. The smallest absolute Gasteiger partial charge is 0.362 e. The van der Waals surface area contributed by atoms with Crippen LogP contribution in [-0.4, -0.2) is 25.0 Å². The number of ether oxygens (including phenoxy) is 1. The van der Waals surface area contributed by atoms with E-state index in [1.807, 2.05) is 5.48 Å². The number of amides is 1. The molecule has 0 fully saturated rings. The van der Waals surface area contributed by atoms with Crippen LogP contribution in [0.25, 0.3) is 0 Å². The first-order chi connectivity index (χ1) is 9.13. The van der Waals surface area contributed by atoms with Crippen molar-refractivity contribution in [2.45, 2.75) is 19.3 Å². The minimum atomic E-state index is -0.637. The molecule has 6 heteroatoms. The molecule has 0 radical (unpaired) electrons. The Hall–Kier alpha value is -2.37. The van der Waals surface area contributed by atoms with Crippen molar-refractivity contribution >= 4 is 17.8 Å². The van der Waals surface area contributed by atoms with Crippen LogP contribution in [0.2, 0.25) is 0 Å². The Kier molecular flexibility index (Phi) is 6.08. The summed E-state index contributed by atoms with van der Waals surface area (Å²) in [6, 6.07) is 8.29. The zero-order chi connectivity index (χ0) is 14.1. The molecule has 0 aliphatic heterocycles. The van der Waals surface area contributed by atoms with E-state index in [1.54, 1.807) is 30.3 Å². The van der Waals surface area contributed by atoms with Crippen LogP contribution in [0.15, 0.2) is 30.3 Å². The van der Waals surface area contributed by atoms with Gasteiger partial charge in [-0.15, -0.1) is 0 Å². The van der Waals surface area contributed by atoms with Gasteiger partial charge in [-0.25, -0.2) is 4.79 Å². The van der Waals surface area contributed by atoms with Crippen LogP contribution in [-0.2, 0) is 19.2 Å². The predicted octanol–water partition coefficient (Wildman–Crippen LogP) is 1.22. The summed E-state index contributed by atoms with van der Waals surface area (Å²) in [7, 11) is 1.28. The number of nitrogens with one attached hydrogen (secondary N) is 1. The predicted molar refractivity (Wildman–Crippen MR) is 65.9 cm³/mol. The largest absolute Gasteiger partial charge is 0.469 e. The van der Waals surface area contributed by atoms with Crippen LogP contribution in [0.1, 0.15) is 29.6 Å². The summed E-state index contributed by atoms with van der Waals surface area (Å²) in [6.07, 6.45) is 0.565. The highest BCUT2D eigenvalue weighted by atomic mass is 16.7. The van der Waals surface area contributed by atoms with Gasteiger partial charge >= 0.3 is 11.9 Å². The number of carbonyl (C=O) groups excluding carboxylic acids is 3. The Labute approximate surface area is 110 Å². The summed E-state index contributed by atoms with van der Waals surface area (Å²) < 4.78 is 4.43. The molecule has 102 valence electrons. The van der Waals surface area contributed by atoms with Gasteiger partial charge in [-0.05, 0) is 18.6 Å². The molecule has 0 spiro atoms. The molecule has 0 saturated heterocycles. The highest BCUT2D eigenvalue weighted by Crippen LogP contribution is 2.01. The van der Waals surface area contributed by atoms with E-state index in [2.05, 4.69) is 9.57 Å². The lowest BCUT2D eigenvalue weighted by atomic mass is 10.2. The zero-order valence-corrected chi connectivity index (χ0v) is 10.5. The normalized spacial score (nSPS) is 9.53. The Bertz CT molecular complexity index is 444. The van der Waals surface area contributed by atoms with Crippen molar-refractivity contribution in [2.24, 2.45) is 0 Å². The molecule has 6 nitrogen and oxygen atoms in total. The fraction of sp³-hybridized carbons (Fsp3) is 0.308. The number of carbonyl (C=O) groups is 3. The van der Waals surface area contributed by atoms with Crippen LogP contribution in [0.5, 0.6) is 0 Å². The molecule has 0 saturated carbocycles. The number of esters is 1. The van der Waals surface area contributed by atoms with E-state index in [0.29, 0.717) is 12.0 Å². The topological polar surface area (TPSA) is 81.7 Å². The molecule has 19 heavy (non-hydrogen) atoms. The maximum Gasteiger partial charge on any atom is 0.362 e. The molecule has 1 aromatic carbocycles. The molecule has 0 heterocycles. The van der Waals surface area contributed by atoms with Crippen LogP contribution in [0, 0.1) is 0 Å². The average molecular weight is 265 g/mol. The first-order valence-electron chi connectivity index (χ1n) is 5.75. The van der Waals surface area contributed by atoms with Crippen LogP contribution in [0.3, 0.4) is 0 Å². The van der Waals surface area contributed by atoms with Crippen molar-refractivity contribution in [2.75, 3.05) is 7.11 Å². The van der Waals surface area contributed by atoms with E-state index in [4.69, 9.17) is 0 Å². The molecule has 1 N–H and O–H groups in total. The van der Waals surface area contributed by atoms with Gasteiger partial charge in [-0.2, -0.15) is 5.48 Å². The summed E-state index contributed by atoms with van der Waals surface area (Å²) in [6.45, 7) is 0. The second-order valence-electron chi connectivity index (χ2n) is 3.71. The number of hydroxylamine groups is 1. The molecular weight excluding hydrogens is 250 g/mol. The average Bonchev–Trinajstić information content (AvgIpc) is 2.45. The third-order valence-corrected chi connectivity index (χ3v) is 2.28. The second kappa shape index (κ2) is 7.86. The minimum absolute atomic E-state index is 0.0805. The number of benzene rings is 1. The Balaban J connectivity index is 2.23. The molecule has 0 unspecified atom stereocenters. The third kappa shape index (κ3) is 5.67. The van der Waals surface area contributed by atoms with Gasteiger partial charge < -0.3 is 9.57 Å². The van der Waals surface area contributed by atoms with Crippen molar-refractivity contribution in [1.82, 2.24) is 5.48 Å². The Morgan fingerprint density at radius 1 is 1.11 bits per heavy atom. The van der Waals surface area contributed by atoms with Gasteiger partial charge in [0.1, 0.15) is 0 Å². The number of hydrogen-bond acceptors (Lipinski definition) is 5. The monoisotopic (exact) mass is 265 g/mol. The molecule has 0 aliphatic carbocycles. The van der Waals surface area contributed by atoms with E-state index < -0.39 is 11.9 Å². The molecule has 1 rings (SSSR count). The van der Waals surface area contributed by atoms with Gasteiger partial charge in [0.15, 0.2) is 0 Å². The van der Waals surface area contributed by atoms with Crippen LogP contribution in [0.4, 0.5) is 0 Å². The molecular formula is C13H15NO5. The lowest BCUT2D eigenvalue weighted by Gasteiger charge is -2.05. The minimum Gasteiger partial charge on any atom is -0.469 e. The second-order valence-corrected chi connectivity index (χ2v) is 3.71. The maximum atomic E-state index is 11.5. The van der Waals surface area contributed by atoms with Gasteiger partial charge in [0.05, 0.1) is 12.7 Å². The van der Waals surface area contributed by atoms with Gasteiger partial charge in [0, 0.05) is 12.8 Å². The highest BCUT2D eigenvalue weighted by Gasteiger charge is 2.09. The van der Waals surface area contributed by atoms with E-state index in [-0.39, 0.29) is 18.8 Å². The molecule has 0 atom stereocenters. The van der Waals surface area contributed by atoms with Crippen molar-refractivity contribution in [3.8, 4) is 0 Å². The van der Waals surface area contributed by atoms with E-state index in [9.17, 15) is 14.4 Å². The molecule has 0 aliphatic rings. The fourth-order valence-electron chi connectivity index (χ4n) is 1.28. The first kappa shape index (κ1) is 14.7. The van der Waals surface area contributed by atoms with Gasteiger partial charge in [-0.3, -0.25) is 9.59 Å². The number of rotatable bonds is 5. The van der Waals surface area contributed by atoms with Gasteiger partial charge in [0.2, 0.25) is 0 Å². The standard InChI is InChI=1S/C13H15NO5/c1-18-12(16)9-5-8-11(15)14-19-13(17)10-6-3-2-4-7-10/h2-4,6-7H,5,8-9H2,1H3,(H,14,15). The van der Waals surface area contributed by atoms with Crippen molar-refractivity contribution in [3.63, 3.8) is 0 Å². The summed E-state index contributed by atoms with van der Waals surface area (Å²) in [5.41, 5.74) is 2.38. The molecule has 1 aromatic rings. The van der Waals surface area contributed by atoms with Crippen molar-refractivity contribution in [1.29, 1.82) is 0 Å². The van der Waals surface area contributed by atoms with E-state index in [0.717, 1.165) is 0 Å². The maximum absolute atomic E-state index is 11.5. The highest BCUT2D eigenvalue weighted by molar-refractivity contribution is 5.90. The number of methoxy groups -OCH3 is 1. The van der Waals surface area contributed by atoms with Crippen LogP contribution < -0.4 is 5.48 Å². The van der Waals surface area contributed by atoms with Crippen LogP contribution >= 0.6 is 0 Å². The fourth-order valence-corrected chi connectivity index (χ4v) is 1.28. The Morgan fingerprint density at radius 3 is 2.42 bits per heavy atom. The SMILES string of the molecule is COC(=O)CCCC(=O)NOC(=O)c1ccccc1. The van der Waals surface area contributed by atoms with Gasteiger partial charge in [-0.1, -0.05) is 18.2 Å². The lowest BCUT2D eigenvalue weighted by molar-refractivity contribution is -0.140. The zero-order valence-electron chi connectivity index (χ0n) is 10.5. The first-order valence-corrected chi connectivity index (χ1v) is 5.75. The summed E-state index contributed by atoms with van der Waals surface area (Å²) in [4.78, 5) is 38.2. The summed E-state index contributed by atoms with van der Waals surface area (Å²) in [5.74, 6) is -1.48. The molecule has 0 aromatic heterocycles. The van der Waals surface area contributed by atoms with Crippen molar-refractivity contribution in [3.05, 3.63) is 35.9 Å². The van der Waals surface area contributed by atoms with Crippen molar-refractivity contribution < 1.29 is 24.0 Å². The summed E-state index contributed by atoms with van der Waals surface area (Å²) in [5, 5.41) is 0. The molecule has 1 amide bonds. The third-order valence-electron chi connectivity index (χ3n) is 2.28. The molecule has 0 bridgehead atoms. The lowest BCUT2D eigenvalue weighted by Crippen LogP contribution is -2.27.